The number of hydrogen-bond donors (Lipinski definition) is 3. The molecule has 2 amide bonds. The molecule has 0 bridgehead atoms. The quantitative estimate of drug-likeness (QED) is 0.633. The van der Waals surface area contributed by atoms with Crippen molar-refractivity contribution in [3.05, 3.63) is 0 Å². The van der Waals surface area contributed by atoms with Gasteiger partial charge in [0.1, 0.15) is 6.04 Å². The number of rotatable bonds is 7. The van der Waals surface area contributed by atoms with Crippen molar-refractivity contribution in [3.63, 3.8) is 0 Å². The smallest absolute Gasteiger partial charge is 0.326 e. The van der Waals surface area contributed by atoms with Gasteiger partial charge < -0.3 is 20.4 Å². The zero-order chi connectivity index (χ0) is 14.6. The summed E-state index contributed by atoms with van der Waals surface area (Å²) in [5.41, 5.74) is 0. The van der Waals surface area contributed by atoms with Crippen LogP contribution < -0.4 is 5.32 Å². The van der Waals surface area contributed by atoms with E-state index in [-0.39, 0.29) is 6.04 Å². The topological polar surface area (TPSA) is 107 Å². The number of carboxylic acids is 2. The number of amides is 2. The van der Waals surface area contributed by atoms with Crippen LogP contribution in [-0.2, 0) is 9.59 Å². The van der Waals surface area contributed by atoms with Crippen LogP contribution in [0.5, 0.6) is 0 Å². The van der Waals surface area contributed by atoms with Gasteiger partial charge in [-0.1, -0.05) is 0 Å². The fourth-order valence-electron chi connectivity index (χ4n) is 1.71. The average molecular weight is 272 g/mol. The Labute approximate surface area is 111 Å². The number of nitrogens with zero attached hydrogens (tertiary/aromatic N) is 1. The Balaban J connectivity index is 2.61. The van der Waals surface area contributed by atoms with Gasteiger partial charge in [-0.25, -0.2) is 9.59 Å². The summed E-state index contributed by atoms with van der Waals surface area (Å²) >= 11 is 0. The summed E-state index contributed by atoms with van der Waals surface area (Å²) in [5, 5.41) is 19.8. The van der Waals surface area contributed by atoms with Gasteiger partial charge in [0.25, 0.3) is 0 Å². The first-order valence-electron chi connectivity index (χ1n) is 6.33. The highest BCUT2D eigenvalue weighted by Crippen LogP contribution is 2.30. The lowest BCUT2D eigenvalue weighted by molar-refractivity contribution is -0.145. The molecule has 1 aliphatic carbocycles. The Morgan fingerprint density at radius 1 is 1.26 bits per heavy atom. The Morgan fingerprint density at radius 2 is 1.84 bits per heavy atom. The van der Waals surface area contributed by atoms with Crippen molar-refractivity contribution in [3.8, 4) is 0 Å². The summed E-state index contributed by atoms with van der Waals surface area (Å²) in [6.07, 6.45) is 1.53. The fraction of sp³-hybridized carbons (Fsp3) is 0.750. The first-order chi connectivity index (χ1) is 8.81. The third-order valence-corrected chi connectivity index (χ3v) is 3.01. The van der Waals surface area contributed by atoms with E-state index in [9.17, 15) is 14.4 Å². The molecule has 1 fully saturated rings. The zero-order valence-corrected chi connectivity index (χ0v) is 11.1. The summed E-state index contributed by atoms with van der Waals surface area (Å²) in [6, 6.07) is -1.97. The van der Waals surface area contributed by atoms with Crippen LogP contribution >= 0.6 is 0 Å². The lowest BCUT2D eigenvalue weighted by atomic mass is 10.2. The molecule has 0 aromatic heterocycles. The van der Waals surface area contributed by atoms with Gasteiger partial charge in [0.15, 0.2) is 0 Å². The van der Waals surface area contributed by atoms with Crippen molar-refractivity contribution in [1.82, 2.24) is 10.2 Å². The molecule has 7 nitrogen and oxygen atoms in total. The van der Waals surface area contributed by atoms with E-state index < -0.39 is 30.4 Å². The molecule has 1 aliphatic rings. The van der Waals surface area contributed by atoms with E-state index in [2.05, 4.69) is 5.32 Å². The average Bonchev–Trinajstić information content (AvgIpc) is 3.07. The molecule has 1 atom stereocenters. The molecule has 0 aromatic rings. The van der Waals surface area contributed by atoms with E-state index in [0.29, 0.717) is 12.5 Å². The maximum atomic E-state index is 12.0. The summed E-state index contributed by atoms with van der Waals surface area (Å²) in [7, 11) is 0. The molecule has 108 valence electrons. The highest BCUT2D eigenvalue weighted by Gasteiger charge is 2.31. The van der Waals surface area contributed by atoms with Gasteiger partial charge in [-0.3, -0.25) is 4.79 Å². The maximum absolute atomic E-state index is 12.0. The Morgan fingerprint density at radius 3 is 2.21 bits per heavy atom. The Bertz CT molecular complexity index is 365. The third-order valence-electron chi connectivity index (χ3n) is 3.01. The van der Waals surface area contributed by atoms with E-state index in [1.807, 2.05) is 13.8 Å². The number of carboxylic acid groups (broad SMARTS) is 2. The first kappa shape index (κ1) is 15.3. The van der Waals surface area contributed by atoms with Crippen molar-refractivity contribution in [2.45, 2.75) is 45.2 Å². The molecule has 0 radical (unpaired) electrons. The van der Waals surface area contributed by atoms with E-state index in [1.165, 1.54) is 0 Å². The van der Waals surface area contributed by atoms with Crippen molar-refractivity contribution < 1.29 is 24.6 Å². The molecule has 0 saturated heterocycles. The molecule has 0 aliphatic heterocycles. The zero-order valence-electron chi connectivity index (χ0n) is 11.1. The Hall–Kier alpha value is -1.79. The van der Waals surface area contributed by atoms with Gasteiger partial charge in [0, 0.05) is 12.6 Å². The first-order valence-corrected chi connectivity index (χ1v) is 6.33. The van der Waals surface area contributed by atoms with Gasteiger partial charge in [-0.2, -0.15) is 0 Å². The van der Waals surface area contributed by atoms with E-state index in [1.54, 1.807) is 4.90 Å². The second-order valence-corrected chi connectivity index (χ2v) is 5.13. The Kier molecular flexibility index (Phi) is 5.14. The second kappa shape index (κ2) is 6.40. The standard InChI is InChI=1S/C12H20N2O5/c1-7(2)14(6-8-3-4-8)12(19)13-9(11(17)18)5-10(15)16/h7-9H,3-6H2,1-2H3,(H,13,19)(H,15,16)(H,17,18)/t9-/m1/s1. The summed E-state index contributed by atoms with van der Waals surface area (Å²) in [5.74, 6) is -2.12. The number of nitrogens with one attached hydrogen (secondary N) is 1. The predicted octanol–water partition coefficient (Wildman–Crippen LogP) is 0.744. The molecule has 19 heavy (non-hydrogen) atoms. The SMILES string of the molecule is CC(C)N(CC1CC1)C(=O)N[C@H](CC(=O)O)C(=O)O. The molecule has 1 saturated carbocycles. The van der Waals surface area contributed by atoms with E-state index in [4.69, 9.17) is 10.2 Å². The predicted molar refractivity (Wildman–Crippen MR) is 66.8 cm³/mol. The molecule has 0 unspecified atom stereocenters. The van der Waals surface area contributed by atoms with Crippen LogP contribution in [0.1, 0.15) is 33.1 Å². The van der Waals surface area contributed by atoms with Crippen molar-refractivity contribution >= 4 is 18.0 Å². The molecule has 3 N–H and O–H groups in total. The van der Waals surface area contributed by atoms with E-state index in [0.717, 1.165) is 12.8 Å². The van der Waals surface area contributed by atoms with Crippen molar-refractivity contribution in [1.29, 1.82) is 0 Å². The van der Waals surface area contributed by atoms with Crippen LogP contribution in [0.4, 0.5) is 4.79 Å². The van der Waals surface area contributed by atoms with Gasteiger partial charge in [-0.15, -0.1) is 0 Å². The number of carbonyl (C=O) groups excluding carboxylic acids is 1. The van der Waals surface area contributed by atoms with Crippen LogP contribution in [0, 0.1) is 5.92 Å². The number of aliphatic carboxylic acids is 2. The van der Waals surface area contributed by atoms with Crippen LogP contribution in [0.3, 0.4) is 0 Å². The lowest BCUT2D eigenvalue weighted by Gasteiger charge is -2.28. The summed E-state index contributed by atoms with van der Waals surface area (Å²) < 4.78 is 0. The molecule has 1 rings (SSSR count). The fourth-order valence-corrected chi connectivity index (χ4v) is 1.71. The van der Waals surface area contributed by atoms with Crippen LogP contribution in [0.15, 0.2) is 0 Å². The molecule has 0 heterocycles. The number of urea groups is 1. The highest BCUT2D eigenvalue weighted by molar-refractivity contribution is 5.86. The molecule has 0 aromatic carbocycles. The molecule has 7 heteroatoms. The second-order valence-electron chi connectivity index (χ2n) is 5.13. The maximum Gasteiger partial charge on any atom is 0.326 e. The monoisotopic (exact) mass is 272 g/mol. The summed E-state index contributed by atoms with van der Waals surface area (Å²) in [6.45, 7) is 4.27. The molecule has 0 spiro atoms. The van der Waals surface area contributed by atoms with Crippen LogP contribution in [-0.4, -0.2) is 51.7 Å². The minimum atomic E-state index is -1.40. The molecular formula is C12H20N2O5. The van der Waals surface area contributed by atoms with Crippen LogP contribution in [0.25, 0.3) is 0 Å². The minimum Gasteiger partial charge on any atom is -0.481 e. The lowest BCUT2D eigenvalue weighted by Crippen LogP contribution is -2.51. The van der Waals surface area contributed by atoms with Gasteiger partial charge in [0.05, 0.1) is 6.42 Å². The minimum absolute atomic E-state index is 0.0557. The van der Waals surface area contributed by atoms with Crippen molar-refractivity contribution in [2.75, 3.05) is 6.54 Å². The van der Waals surface area contributed by atoms with Crippen molar-refractivity contribution in [2.24, 2.45) is 5.92 Å². The normalized spacial score (nSPS) is 15.9. The van der Waals surface area contributed by atoms with Crippen LogP contribution in [0.2, 0.25) is 0 Å². The highest BCUT2D eigenvalue weighted by atomic mass is 16.4. The number of hydrogen-bond acceptors (Lipinski definition) is 3. The van der Waals surface area contributed by atoms with Gasteiger partial charge in [0.2, 0.25) is 0 Å². The van der Waals surface area contributed by atoms with Gasteiger partial charge >= 0.3 is 18.0 Å². The summed E-state index contributed by atoms with van der Waals surface area (Å²) in [4.78, 5) is 35.0. The largest absolute Gasteiger partial charge is 0.481 e. The third kappa shape index (κ3) is 5.15. The van der Waals surface area contributed by atoms with E-state index >= 15 is 0 Å². The number of carbonyl (C=O) groups is 3. The molecular weight excluding hydrogens is 252 g/mol. The van der Waals surface area contributed by atoms with Gasteiger partial charge in [-0.05, 0) is 32.6 Å².